The molecule has 0 radical (unpaired) electrons. The Kier molecular flexibility index (Phi) is 1.60. The van der Waals surface area contributed by atoms with Crippen LogP contribution in [0.4, 0.5) is 0 Å². The predicted octanol–water partition coefficient (Wildman–Crippen LogP) is 2.99. The molecule has 3 saturated carbocycles. The van der Waals surface area contributed by atoms with E-state index < -0.39 is 0 Å². The largest absolute Gasteiger partial charge is 0.370 e. The van der Waals surface area contributed by atoms with Gasteiger partial charge in [0.05, 0.1) is 12.2 Å². The van der Waals surface area contributed by atoms with Gasteiger partial charge in [-0.3, -0.25) is 0 Å². The number of epoxide rings is 1. The number of ether oxygens (including phenoxy) is 1. The van der Waals surface area contributed by atoms with E-state index in [1.807, 2.05) is 0 Å². The van der Waals surface area contributed by atoms with E-state index in [1.165, 1.54) is 19.3 Å². The van der Waals surface area contributed by atoms with Crippen LogP contribution in [-0.4, -0.2) is 12.2 Å². The van der Waals surface area contributed by atoms with Crippen LogP contribution < -0.4 is 0 Å². The van der Waals surface area contributed by atoms with Crippen LogP contribution in [0.15, 0.2) is 0 Å². The smallest absolute Gasteiger partial charge is 0.0844 e. The molecule has 4 rings (SSSR count). The van der Waals surface area contributed by atoms with E-state index in [-0.39, 0.29) is 0 Å². The fourth-order valence-electron chi connectivity index (χ4n) is 4.70. The highest BCUT2D eigenvalue weighted by atomic mass is 16.6. The highest BCUT2D eigenvalue weighted by Crippen LogP contribution is 2.55. The Morgan fingerprint density at radius 1 is 0.714 bits per heavy atom. The second-order valence-corrected chi connectivity index (χ2v) is 6.12. The maximum absolute atomic E-state index is 5.65. The summed E-state index contributed by atoms with van der Waals surface area (Å²) in [5, 5.41) is 0. The minimum absolute atomic E-state index is 0.699. The van der Waals surface area contributed by atoms with E-state index >= 15 is 0 Å². The van der Waals surface area contributed by atoms with Crippen molar-refractivity contribution in [1.82, 2.24) is 0 Å². The molecule has 78 valence electrons. The summed E-state index contributed by atoms with van der Waals surface area (Å²) >= 11 is 0. The van der Waals surface area contributed by atoms with Gasteiger partial charge in [0.1, 0.15) is 0 Å². The standard InChI is InChI=1S/C13H20O/c1-2-9-5-8(1)6-11(9)10-3-4-12-13(7-10)14-12/h8-13H,1-7H2. The zero-order chi connectivity index (χ0) is 9.12. The van der Waals surface area contributed by atoms with E-state index in [1.54, 1.807) is 25.7 Å². The van der Waals surface area contributed by atoms with Gasteiger partial charge in [-0.25, -0.2) is 0 Å². The first-order valence-electron chi connectivity index (χ1n) is 6.55. The highest BCUT2D eigenvalue weighted by Gasteiger charge is 2.49. The fraction of sp³-hybridized carbons (Fsp3) is 1.00. The molecule has 1 heteroatoms. The SMILES string of the molecule is C1CC2CC1CC2C1CCC2OC2C1. The molecule has 0 aromatic heterocycles. The third-order valence-corrected chi connectivity index (χ3v) is 5.44. The summed E-state index contributed by atoms with van der Waals surface area (Å²) in [6.07, 6.45) is 11.9. The fourth-order valence-corrected chi connectivity index (χ4v) is 4.70. The van der Waals surface area contributed by atoms with Gasteiger partial charge < -0.3 is 4.74 Å². The molecule has 14 heavy (non-hydrogen) atoms. The van der Waals surface area contributed by atoms with E-state index in [0.29, 0.717) is 12.2 Å². The van der Waals surface area contributed by atoms with Gasteiger partial charge in [-0.2, -0.15) is 0 Å². The Bertz CT molecular complexity index is 250. The summed E-state index contributed by atoms with van der Waals surface area (Å²) in [5.74, 6) is 4.41. The van der Waals surface area contributed by atoms with Gasteiger partial charge >= 0.3 is 0 Å². The van der Waals surface area contributed by atoms with Crippen LogP contribution >= 0.6 is 0 Å². The third kappa shape index (κ3) is 1.11. The van der Waals surface area contributed by atoms with Gasteiger partial charge in [0.25, 0.3) is 0 Å². The minimum Gasteiger partial charge on any atom is -0.370 e. The monoisotopic (exact) mass is 192 g/mol. The topological polar surface area (TPSA) is 12.5 Å². The molecular weight excluding hydrogens is 172 g/mol. The molecule has 6 unspecified atom stereocenters. The molecule has 1 saturated heterocycles. The Labute approximate surface area is 86.2 Å². The summed E-state index contributed by atoms with van der Waals surface area (Å²) in [6.45, 7) is 0. The van der Waals surface area contributed by atoms with E-state index in [0.717, 1.165) is 23.7 Å². The summed E-state index contributed by atoms with van der Waals surface area (Å²) in [7, 11) is 0. The number of hydrogen-bond donors (Lipinski definition) is 0. The van der Waals surface area contributed by atoms with Gasteiger partial charge in [-0.15, -0.1) is 0 Å². The van der Waals surface area contributed by atoms with Crippen LogP contribution in [0.5, 0.6) is 0 Å². The first-order chi connectivity index (χ1) is 6.90. The normalized spacial score (nSPS) is 60.0. The van der Waals surface area contributed by atoms with Crippen molar-refractivity contribution >= 4 is 0 Å². The van der Waals surface area contributed by atoms with Crippen molar-refractivity contribution in [2.24, 2.45) is 23.7 Å². The second kappa shape index (κ2) is 2.75. The van der Waals surface area contributed by atoms with Crippen molar-refractivity contribution in [2.75, 3.05) is 0 Å². The zero-order valence-corrected chi connectivity index (χ0v) is 8.82. The van der Waals surface area contributed by atoms with E-state index in [9.17, 15) is 0 Å². The van der Waals surface area contributed by atoms with Crippen molar-refractivity contribution in [3.05, 3.63) is 0 Å². The summed E-state index contributed by atoms with van der Waals surface area (Å²) in [4.78, 5) is 0. The summed E-state index contributed by atoms with van der Waals surface area (Å²) in [5.41, 5.74) is 0. The zero-order valence-electron chi connectivity index (χ0n) is 8.82. The molecule has 0 spiro atoms. The quantitative estimate of drug-likeness (QED) is 0.582. The summed E-state index contributed by atoms with van der Waals surface area (Å²) < 4.78 is 5.65. The average Bonchev–Trinajstić information content (AvgIpc) is 2.67. The van der Waals surface area contributed by atoms with Crippen LogP contribution in [0.3, 0.4) is 0 Å². The van der Waals surface area contributed by atoms with Crippen molar-refractivity contribution in [3.63, 3.8) is 0 Å². The molecule has 1 aliphatic heterocycles. The Balaban J connectivity index is 1.47. The lowest BCUT2D eigenvalue weighted by molar-refractivity contribution is 0.188. The van der Waals surface area contributed by atoms with Crippen LogP contribution in [0.25, 0.3) is 0 Å². The molecule has 4 fully saturated rings. The molecule has 1 nitrogen and oxygen atoms in total. The van der Waals surface area contributed by atoms with E-state index in [2.05, 4.69) is 0 Å². The first kappa shape index (κ1) is 8.15. The molecule has 6 atom stereocenters. The average molecular weight is 192 g/mol. The predicted molar refractivity (Wildman–Crippen MR) is 54.9 cm³/mol. The third-order valence-electron chi connectivity index (χ3n) is 5.44. The molecule has 4 aliphatic rings. The lowest BCUT2D eigenvalue weighted by atomic mass is 9.73. The van der Waals surface area contributed by atoms with Crippen LogP contribution in [-0.2, 0) is 4.74 Å². The van der Waals surface area contributed by atoms with Gasteiger partial charge in [-0.1, -0.05) is 6.42 Å². The van der Waals surface area contributed by atoms with Gasteiger partial charge in [0, 0.05) is 0 Å². The number of hydrogen-bond acceptors (Lipinski definition) is 1. The maximum atomic E-state index is 5.65. The molecule has 2 bridgehead atoms. The molecule has 0 N–H and O–H groups in total. The molecule has 0 aromatic carbocycles. The van der Waals surface area contributed by atoms with Gasteiger partial charge in [0.2, 0.25) is 0 Å². The lowest BCUT2D eigenvalue weighted by Gasteiger charge is -2.31. The Morgan fingerprint density at radius 3 is 2.29 bits per heavy atom. The first-order valence-corrected chi connectivity index (χ1v) is 6.55. The minimum atomic E-state index is 0.699. The van der Waals surface area contributed by atoms with Crippen LogP contribution in [0.1, 0.15) is 44.9 Å². The molecule has 3 aliphatic carbocycles. The van der Waals surface area contributed by atoms with Crippen molar-refractivity contribution in [1.29, 1.82) is 0 Å². The molecule has 0 amide bonds. The molecule has 0 aromatic rings. The second-order valence-electron chi connectivity index (χ2n) is 6.12. The highest BCUT2D eigenvalue weighted by molar-refractivity contribution is 4.99. The van der Waals surface area contributed by atoms with E-state index in [4.69, 9.17) is 4.74 Å². The van der Waals surface area contributed by atoms with Gasteiger partial charge in [-0.05, 0) is 62.2 Å². The molecule has 1 heterocycles. The maximum Gasteiger partial charge on any atom is 0.0844 e. The Hall–Kier alpha value is -0.0400. The van der Waals surface area contributed by atoms with Crippen molar-refractivity contribution in [2.45, 2.75) is 57.2 Å². The van der Waals surface area contributed by atoms with Crippen LogP contribution in [0.2, 0.25) is 0 Å². The van der Waals surface area contributed by atoms with Gasteiger partial charge in [0.15, 0.2) is 0 Å². The van der Waals surface area contributed by atoms with Crippen LogP contribution in [0, 0.1) is 23.7 Å². The number of rotatable bonds is 1. The summed E-state index contributed by atoms with van der Waals surface area (Å²) in [6, 6.07) is 0. The Morgan fingerprint density at radius 2 is 1.57 bits per heavy atom. The lowest BCUT2D eigenvalue weighted by Crippen LogP contribution is -2.25. The molecular formula is C13H20O. The van der Waals surface area contributed by atoms with Crippen molar-refractivity contribution in [3.8, 4) is 0 Å². The van der Waals surface area contributed by atoms with Crippen molar-refractivity contribution < 1.29 is 4.74 Å². The number of fused-ring (bicyclic) bond motifs is 3.